The number of benzene rings is 1. The maximum absolute atomic E-state index is 10.8. The third-order valence-corrected chi connectivity index (χ3v) is 2.70. The molecule has 2 aromatic rings. The highest BCUT2D eigenvalue weighted by molar-refractivity contribution is 6.43. The number of hydrogen-bond donors (Lipinski definition) is 0. The van der Waals surface area contributed by atoms with Crippen molar-refractivity contribution in [1.29, 1.82) is 0 Å². The Labute approximate surface area is 90.5 Å². The fourth-order valence-electron chi connectivity index (χ4n) is 1.30. The molecule has 0 radical (unpaired) electrons. The van der Waals surface area contributed by atoms with Crippen molar-refractivity contribution >= 4 is 40.4 Å². The lowest BCUT2D eigenvalue weighted by molar-refractivity contribution is 0.112. The Kier molecular flexibility index (Phi) is 2.40. The van der Waals surface area contributed by atoms with Crippen LogP contribution in [0.5, 0.6) is 0 Å². The van der Waals surface area contributed by atoms with Gasteiger partial charge in [-0.25, -0.2) is 4.98 Å². The highest BCUT2D eigenvalue weighted by Crippen LogP contribution is 2.28. The molecule has 0 saturated heterocycles. The predicted molar refractivity (Wildman–Crippen MR) is 57.2 cm³/mol. The lowest BCUT2D eigenvalue weighted by Gasteiger charge is -2.03. The van der Waals surface area contributed by atoms with E-state index in [9.17, 15) is 4.79 Å². The van der Waals surface area contributed by atoms with Gasteiger partial charge in [-0.3, -0.25) is 4.79 Å². The zero-order valence-electron chi connectivity index (χ0n) is 7.00. The van der Waals surface area contributed by atoms with Crippen LogP contribution in [0.2, 0.25) is 10.2 Å². The van der Waals surface area contributed by atoms with E-state index >= 15 is 0 Å². The molecule has 0 N–H and O–H groups in total. The number of pyridine rings is 1. The highest BCUT2D eigenvalue weighted by atomic mass is 35.5. The fourth-order valence-corrected chi connectivity index (χ4v) is 1.68. The van der Waals surface area contributed by atoms with Crippen molar-refractivity contribution in [2.45, 2.75) is 0 Å². The van der Waals surface area contributed by atoms with Gasteiger partial charge in [-0.15, -0.1) is 0 Å². The normalized spacial score (nSPS) is 10.4. The monoisotopic (exact) mass is 225 g/mol. The Hall–Kier alpha value is -1.12. The first-order valence-corrected chi connectivity index (χ1v) is 4.68. The van der Waals surface area contributed by atoms with Crippen LogP contribution >= 0.6 is 23.2 Å². The molecule has 1 aromatic heterocycles. The van der Waals surface area contributed by atoms with Crippen molar-refractivity contribution in [3.8, 4) is 0 Å². The molecule has 0 aliphatic heterocycles. The van der Waals surface area contributed by atoms with Crippen LogP contribution in [0, 0.1) is 0 Å². The van der Waals surface area contributed by atoms with E-state index in [4.69, 9.17) is 23.2 Å². The molecule has 0 atom stereocenters. The minimum Gasteiger partial charge on any atom is -0.298 e. The van der Waals surface area contributed by atoms with Crippen LogP contribution in [0.25, 0.3) is 10.9 Å². The second-order valence-electron chi connectivity index (χ2n) is 2.77. The number of carbonyl (C=O) groups is 1. The number of aromatic nitrogens is 1. The van der Waals surface area contributed by atoms with Gasteiger partial charge >= 0.3 is 0 Å². The molecular formula is C10H5Cl2NO. The molecular weight excluding hydrogens is 221 g/mol. The first-order chi connectivity index (χ1) is 6.74. The van der Waals surface area contributed by atoms with Crippen LogP contribution in [-0.4, -0.2) is 11.3 Å². The van der Waals surface area contributed by atoms with Gasteiger partial charge in [-0.2, -0.15) is 0 Å². The van der Waals surface area contributed by atoms with Gasteiger partial charge in [-0.1, -0.05) is 41.4 Å². The van der Waals surface area contributed by atoms with Gasteiger partial charge in [0.2, 0.25) is 0 Å². The Morgan fingerprint density at radius 2 is 1.93 bits per heavy atom. The molecule has 0 bridgehead atoms. The second kappa shape index (κ2) is 3.56. The van der Waals surface area contributed by atoms with Crippen LogP contribution in [-0.2, 0) is 0 Å². The number of nitrogens with zero attached hydrogens (tertiary/aromatic N) is 1. The van der Waals surface area contributed by atoms with Crippen LogP contribution in [0.4, 0.5) is 0 Å². The number of halogens is 2. The van der Waals surface area contributed by atoms with Crippen LogP contribution in [0.15, 0.2) is 24.3 Å². The van der Waals surface area contributed by atoms with Gasteiger partial charge in [0.05, 0.1) is 10.5 Å². The minimum atomic E-state index is 0.160. The summed E-state index contributed by atoms with van der Waals surface area (Å²) in [5.74, 6) is 0. The van der Waals surface area contributed by atoms with Crippen molar-refractivity contribution in [2.75, 3.05) is 0 Å². The molecule has 1 aromatic carbocycles. The molecule has 14 heavy (non-hydrogen) atoms. The Morgan fingerprint density at radius 3 is 2.64 bits per heavy atom. The lowest BCUT2D eigenvalue weighted by Crippen LogP contribution is -1.90. The number of hydrogen-bond acceptors (Lipinski definition) is 2. The Bertz CT molecular complexity index is 511. The van der Waals surface area contributed by atoms with Crippen LogP contribution in [0.3, 0.4) is 0 Å². The Balaban J connectivity index is 2.96. The molecule has 0 fully saturated rings. The van der Waals surface area contributed by atoms with Crippen LogP contribution < -0.4 is 0 Å². The summed E-state index contributed by atoms with van der Waals surface area (Å²) >= 11 is 11.6. The number of aldehydes is 1. The number of rotatable bonds is 1. The summed E-state index contributed by atoms with van der Waals surface area (Å²) in [5, 5.41) is 1.09. The molecule has 4 heteroatoms. The van der Waals surface area contributed by atoms with E-state index in [0.717, 1.165) is 5.39 Å². The minimum absolute atomic E-state index is 0.160. The molecule has 0 amide bonds. The highest BCUT2D eigenvalue weighted by Gasteiger charge is 2.10. The van der Waals surface area contributed by atoms with Gasteiger partial charge in [-0.05, 0) is 6.07 Å². The Morgan fingerprint density at radius 1 is 1.21 bits per heavy atom. The molecule has 0 spiro atoms. The molecule has 0 unspecified atom stereocenters. The van der Waals surface area contributed by atoms with E-state index in [2.05, 4.69) is 4.98 Å². The number of carbonyl (C=O) groups excluding carboxylic acids is 1. The topological polar surface area (TPSA) is 30.0 Å². The van der Waals surface area contributed by atoms with E-state index in [1.165, 1.54) is 0 Å². The quantitative estimate of drug-likeness (QED) is 0.551. The van der Waals surface area contributed by atoms with Crippen molar-refractivity contribution in [2.24, 2.45) is 0 Å². The smallest absolute Gasteiger partial charge is 0.152 e. The van der Waals surface area contributed by atoms with E-state index in [0.29, 0.717) is 17.4 Å². The maximum Gasteiger partial charge on any atom is 0.152 e. The van der Waals surface area contributed by atoms with Gasteiger partial charge in [0.25, 0.3) is 0 Å². The molecule has 2 nitrogen and oxygen atoms in total. The SMILES string of the molecule is O=Cc1c(Cl)c(Cl)nc2ccccc12. The fraction of sp³-hybridized carbons (Fsp3) is 0. The predicted octanol–water partition coefficient (Wildman–Crippen LogP) is 3.35. The van der Waals surface area contributed by atoms with E-state index in [-0.39, 0.29) is 10.2 Å². The third kappa shape index (κ3) is 1.37. The first kappa shape index (κ1) is 9.44. The molecule has 1 heterocycles. The summed E-state index contributed by atoms with van der Waals surface area (Å²) in [5.41, 5.74) is 1.06. The largest absolute Gasteiger partial charge is 0.298 e. The maximum atomic E-state index is 10.8. The van der Waals surface area contributed by atoms with Crippen molar-refractivity contribution in [1.82, 2.24) is 4.98 Å². The van der Waals surface area contributed by atoms with Gasteiger partial charge in [0, 0.05) is 10.9 Å². The summed E-state index contributed by atoms with van der Waals surface area (Å²) in [6.07, 6.45) is 0.693. The first-order valence-electron chi connectivity index (χ1n) is 3.93. The summed E-state index contributed by atoms with van der Waals surface area (Å²) in [6, 6.07) is 7.22. The molecule has 70 valence electrons. The zero-order chi connectivity index (χ0) is 10.1. The van der Waals surface area contributed by atoms with Crippen molar-refractivity contribution < 1.29 is 4.79 Å². The van der Waals surface area contributed by atoms with Gasteiger partial charge in [0.15, 0.2) is 6.29 Å². The van der Waals surface area contributed by atoms with Crippen molar-refractivity contribution in [3.05, 3.63) is 40.0 Å². The van der Waals surface area contributed by atoms with E-state index in [1.807, 2.05) is 12.1 Å². The molecule has 0 aliphatic rings. The molecule has 2 rings (SSSR count). The number of para-hydroxylation sites is 1. The second-order valence-corrected chi connectivity index (χ2v) is 3.50. The number of fused-ring (bicyclic) bond motifs is 1. The summed E-state index contributed by atoms with van der Waals surface area (Å²) < 4.78 is 0. The van der Waals surface area contributed by atoms with Crippen LogP contribution in [0.1, 0.15) is 10.4 Å². The lowest BCUT2D eigenvalue weighted by atomic mass is 10.1. The van der Waals surface area contributed by atoms with Crippen molar-refractivity contribution in [3.63, 3.8) is 0 Å². The van der Waals surface area contributed by atoms with E-state index < -0.39 is 0 Å². The summed E-state index contributed by atoms with van der Waals surface area (Å²) in [6.45, 7) is 0. The molecule has 0 saturated carbocycles. The zero-order valence-corrected chi connectivity index (χ0v) is 8.51. The van der Waals surface area contributed by atoms with E-state index in [1.54, 1.807) is 12.1 Å². The third-order valence-electron chi connectivity index (χ3n) is 1.95. The summed E-state index contributed by atoms with van der Waals surface area (Å²) in [7, 11) is 0. The average Bonchev–Trinajstić information content (AvgIpc) is 2.20. The van der Waals surface area contributed by atoms with Gasteiger partial charge in [0.1, 0.15) is 5.15 Å². The molecule has 0 aliphatic carbocycles. The summed E-state index contributed by atoms with van der Waals surface area (Å²) in [4.78, 5) is 14.9. The van der Waals surface area contributed by atoms with Gasteiger partial charge < -0.3 is 0 Å². The standard InChI is InChI=1S/C10H5Cl2NO/c11-9-7(5-14)6-3-1-2-4-8(6)13-10(9)12/h1-5H. The average molecular weight is 226 g/mol.